The van der Waals surface area contributed by atoms with Gasteiger partial charge in [-0.15, -0.1) is 23.9 Å². The van der Waals surface area contributed by atoms with Crippen molar-refractivity contribution in [3.63, 3.8) is 0 Å². The van der Waals surface area contributed by atoms with Crippen LogP contribution in [0.2, 0.25) is 0 Å². The van der Waals surface area contributed by atoms with Crippen molar-refractivity contribution in [1.82, 2.24) is 0 Å². The molecule has 0 amide bonds. The van der Waals surface area contributed by atoms with Crippen molar-refractivity contribution in [3.8, 4) is 12.3 Å². The van der Waals surface area contributed by atoms with Gasteiger partial charge in [-0.1, -0.05) is 0 Å². The fraction of sp³-hybridized carbons (Fsp3) is 0.455. The van der Waals surface area contributed by atoms with Crippen LogP contribution in [0, 0.1) is 12.3 Å². The Kier molecular flexibility index (Phi) is 8.00. The standard InChI is InChI=1S/C11H13ClO4/c1-3-4-5-9(16-11(14)8-12)6-7-10(13)15-2/h1,6-7,9H,4-5,8H2,2H3/b7-6+. The molecule has 0 N–H and O–H groups in total. The molecule has 0 fully saturated rings. The Morgan fingerprint density at radius 2 is 2.25 bits per heavy atom. The molecule has 0 aliphatic rings. The van der Waals surface area contributed by atoms with Gasteiger partial charge in [0.05, 0.1) is 7.11 Å². The second kappa shape index (κ2) is 8.81. The molecular weight excluding hydrogens is 232 g/mol. The van der Waals surface area contributed by atoms with E-state index in [0.29, 0.717) is 12.8 Å². The Hall–Kier alpha value is -1.47. The summed E-state index contributed by atoms with van der Waals surface area (Å²) in [4.78, 5) is 21.8. The van der Waals surface area contributed by atoms with Gasteiger partial charge in [-0.25, -0.2) is 4.79 Å². The molecule has 0 saturated carbocycles. The number of alkyl halides is 1. The van der Waals surface area contributed by atoms with Crippen molar-refractivity contribution in [2.75, 3.05) is 13.0 Å². The zero-order valence-electron chi connectivity index (χ0n) is 8.94. The van der Waals surface area contributed by atoms with Gasteiger partial charge in [-0.2, -0.15) is 0 Å². The van der Waals surface area contributed by atoms with Crippen molar-refractivity contribution in [3.05, 3.63) is 12.2 Å². The maximum Gasteiger partial charge on any atom is 0.330 e. The summed E-state index contributed by atoms with van der Waals surface area (Å²) >= 11 is 5.29. The van der Waals surface area contributed by atoms with E-state index in [4.69, 9.17) is 22.8 Å². The van der Waals surface area contributed by atoms with Crippen LogP contribution < -0.4 is 0 Å². The number of carbonyl (C=O) groups excluding carboxylic acids is 2. The first-order valence-corrected chi connectivity index (χ1v) is 5.12. The van der Waals surface area contributed by atoms with E-state index < -0.39 is 18.0 Å². The third-order valence-electron chi connectivity index (χ3n) is 1.61. The quantitative estimate of drug-likeness (QED) is 0.306. The first-order valence-electron chi connectivity index (χ1n) is 4.59. The first-order chi connectivity index (χ1) is 7.63. The number of methoxy groups -OCH3 is 1. The maximum atomic E-state index is 10.9. The van der Waals surface area contributed by atoms with E-state index >= 15 is 0 Å². The molecule has 0 heterocycles. The molecular formula is C11H13ClO4. The maximum absolute atomic E-state index is 10.9. The van der Waals surface area contributed by atoms with E-state index in [0.717, 1.165) is 0 Å². The third kappa shape index (κ3) is 6.91. The highest BCUT2D eigenvalue weighted by molar-refractivity contribution is 6.26. The topological polar surface area (TPSA) is 52.6 Å². The predicted molar refractivity (Wildman–Crippen MR) is 59.8 cm³/mol. The molecule has 0 aliphatic heterocycles. The van der Waals surface area contributed by atoms with Gasteiger partial charge >= 0.3 is 11.9 Å². The Morgan fingerprint density at radius 3 is 2.75 bits per heavy atom. The molecule has 0 aromatic rings. The van der Waals surface area contributed by atoms with Crippen LogP contribution in [-0.2, 0) is 19.1 Å². The summed E-state index contributed by atoms with van der Waals surface area (Å²) in [5.41, 5.74) is 0. The summed E-state index contributed by atoms with van der Waals surface area (Å²) in [5, 5.41) is 0. The van der Waals surface area contributed by atoms with Crippen LogP contribution in [0.4, 0.5) is 0 Å². The fourth-order valence-corrected chi connectivity index (χ4v) is 0.937. The minimum absolute atomic E-state index is 0.237. The van der Waals surface area contributed by atoms with Gasteiger partial charge in [0.15, 0.2) is 0 Å². The normalized spacial score (nSPS) is 11.8. The highest BCUT2D eigenvalue weighted by Gasteiger charge is 2.10. The highest BCUT2D eigenvalue weighted by atomic mass is 35.5. The highest BCUT2D eigenvalue weighted by Crippen LogP contribution is 2.05. The molecule has 0 aliphatic carbocycles. The zero-order chi connectivity index (χ0) is 12.4. The first kappa shape index (κ1) is 14.5. The van der Waals surface area contributed by atoms with Crippen molar-refractivity contribution < 1.29 is 19.1 Å². The van der Waals surface area contributed by atoms with Gasteiger partial charge in [0, 0.05) is 12.5 Å². The van der Waals surface area contributed by atoms with Crippen LogP contribution in [0.25, 0.3) is 0 Å². The molecule has 0 saturated heterocycles. The monoisotopic (exact) mass is 244 g/mol. The predicted octanol–water partition coefficient (Wildman–Crippen LogP) is 1.28. The molecule has 88 valence electrons. The van der Waals surface area contributed by atoms with Crippen LogP contribution in [0.15, 0.2) is 12.2 Å². The summed E-state index contributed by atoms with van der Waals surface area (Å²) in [6, 6.07) is 0. The van der Waals surface area contributed by atoms with Crippen molar-refractivity contribution in [2.45, 2.75) is 18.9 Å². The second-order valence-electron chi connectivity index (χ2n) is 2.79. The lowest BCUT2D eigenvalue weighted by Gasteiger charge is -2.11. The van der Waals surface area contributed by atoms with Crippen molar-refractivity contribution >= 4 is 23.5 Å². The van der Waals surface area contributed by atoms with Gasteiger partial charge in [0.1, 0.15) is 12.0 Å². The molecule has 1 unspecified atom stereocenters. The van der Waals surface area contributed by atoms with Gasteiger partial charge < -0.3 is 9.47 Å². The Balaban J connectivity index is 4.31. The van der Waals surface area contributed by atoms with E-state index in [1.54, 1.807) is 0 Å². The molecule has 0 spiro atoms. The van der Waals surface area contributed by atoms with E-state index in [-0.39, 0.29) is 5.88 Å². The van der Waals surface area contributed by atoms with Crippen LogP contribution in [-0.4, -0.2) is 31.0 Å². The summed E-state index contributed by atoms with van der Waals surface area (Å²) in [6.45, 7) is 0. The largest absolute Gasteiger partial charge is 0.466 e. The number of terminal acetylenes is 1. The van der Waals surface area contributed by atoms with Gasteiger partial charge in [-0.3, -0.25) is 4.79 Å². The minimum atomic E-state index is -0.557. The van der Waals surface area contributed by atoms with Crippen LogP contribution >= 0.6 is 11.6 Å². The van der Waals surface area contributed by atoms with Gasteiger partial charge in [-0.05, 0) is 12.5 Å². The number of ether oxygens (including phenoxy) is 2. The van der Waals surface area contributed by atoms with E-state index in [1.165, 1.54) is 19.3 Å². The Labute approximate surface area is 99.6 Å². The SMILES string of the molecule is C#CCCC(/C=C/C(=O)OC)OC(=O)CCl. The fourth-order valence-electron chi connectivity index (χ4n) is 0.874. The van der Waals surface area contributed by atoms with Gasteiger partial charge in [0.25, 0.3) is 0 Å². The number of esters is 2. The Morgan fingerprint density at radius 1 is 1.56 bits per heavy atom. The van der Waals surface area contributed by atoms with Crippen molar-refractivity contribution in [1.29, 1.82) is 0 Å². The van der Waals surface area contributed by atoms with Gasteiger partial charge in [0.2, 0.25) is 0 Å². The molecule has 0 aromatic heterocycles. The zero-order valence-corrected chi connectivity index (χ0v) is 9.70. The second-order valence-corrected chi connectivity index (χ2v) is 3.05. The van der Waals surface area contributed by atoms with Crippen LogP contribution in [0.5, 0.6) is 0 Å². The molecule has 0 aromatic carbocycles. The van der Waals surface area contributed by atoms with E-state index in [9.17, 15) is 9.59 Å². The lowest BCUT2D eigenvalue weighted by molar-refractivity contribution is -0.144. The Bertz CT molecular complexity index is 304. The molecule has 1 atom stereocenters. The number of rotatable bonds is 6. The molecule has 5 heteroatoms. The van der Waals surface area contributed by atoms with E-state index in [2.05, 4.69) is 10.7 Å². The smallest absolute Gasteiger partial charge is 0.330 e. The summed E-state index contributed by atoms with van der Waals surface area (Å²) in [5.74, 6) is 1.10. The number of carbonyl (C=O) groups is 2. The molecule has 0 radical (unpaired) electrons. The summed E-state index contributed by atoms with van der Waals surface area (Å²) in [7, 11) is 1.26. The minimum Gasteiger partial charge on any atom is -0.466 e. The molecule has 0 rings (SSSR count). The molecule has 4 nitrogen and oxygen atoms in total. The average Bonchev–Trinajstić information content (AvgIpc) is 2.31. The van der Waals surface area contributed by atoms with Crippen LogP contribution in [0.1, 0.15) is 12.8 Å². The molecule has 16 heavy (non-hydrogen) atoms. The third-order valence-corrected chi connectivity index (χ3v) is 1.83. The number of hydrogen-bond donors (Lipinski definition) is 0. The summed E-state index contributed by atoms with van der Waals surface area (Å²) < 4.78 is 9.34. The molecule has 0 bridgehead atoms. The number of hydrogen-bond acceptors (Lipinski definition) is 4. The number of halogens is 1. The lowest BCUT2D eigenvalue weighted by atomic mass is 10.2. The van der Waals surface area contributed by atoms with E-state index in [1.807, 2.05) is 0 Å². The summed E-state index contributed by atoms with van der Waals surface area (Å²) in [6.07, 6.45) is 8.02. The lowest BCUT2D eigenvalue weighted by Crippen LogP contribution is -2.17. The van der Waals surface area contributed by atoms with Crippen LogP contribution in [0.3, 0.4) is 0 Å². The van der Waals surface area contributed by atoms with Crippen molar-refractivity contribution in [2.24, 2.45) is 0 Å². The average molecular weight is 245 g/mol.